The number of rotatable bonds is 9. The molecule has 0 radical (unpaired) electrons. The molecule has 21 heteroatoms. The average molecular weight is 1640 g/mol. The maximum atomic E-state index is 13.2. The summed E-state index contributed by atoms with van der Waals surface area (Å²) < 4.78 is 13.2. The van der Waals surface area contributed by atoms with Gasteiger partial charge in [0.2, 0.25) is 0 Å². The number of alkyl halides is 1. The second kappa shape index (κ2) is 41.1. The van der Waals surface area contributed by atoms with Gasteiger partial charge in [-0.1, -0.05) is 227 Å². The summed E-state index contributed by atoms with van der Waals surface area (Å²) in [6.45, 7) is 1.69. The normalized spacial score (nSPS) is 24.3. The quantitative estimate of drug-likeness (QED) is 0.135. The molecule has 0 heterocycles. The zero-order valence-corrected chi connectivity index (χ0v) is 65.4. The highest BCUT2D eigenvalue weighted by Gasteiger charge is 2.41. The number of carbonyl (C=O) groups is 1. The van der Waals surface area contributed by atoms with Gasteiger partial charge in [-0.3, -0.25) is 4.79 Å². The molecule has 0 bridgehead atoms. The summed E-state index contributed by atoms with van der Waals surface area (Å²) in [6.07, 6.45) is 27.9. The first-order valence-electron chi connectivity index (χ1n) is 33.6. The largest absolute Gasteiger partial charge is 0.393 e. The highest BCUT2D eigenvalue weighted by Crippen LogP contribution is 2.46. The van der Waals surface area contributed by atoms with Gasteiger partial charge in [-0.25, -0.2) is 4.39 Å². The summed E-state index contributed by atoms with van der Waals surface area (Å²) in [6, 6.07) is 42.7. The number of Topliss-reactive ketones (excluding diaryl/α,β-unsaturated/α-hetero) is 1. The van der Waals surface area contributed by atoms with Crippen LogP contribution in [0.2, 0.25) is 60.3 Å². The highest BCUT2D eigenvalue weighted by atomic mass is 35.5. The van der Waals surface area contributed by atoms with E-state index >= 15 is 0 Å². The van der Waals surface area contributed by atoms with E-state index < -0.39 is 27.8 Å². The zero-order chi connectivity index (χ0) is 73.8. The smallest absolute Gasteiger partial charge is 0.133 e. The molecule has 0 aromatic heterocycles. The summed E-state index contributed by atoms with van der Waals surface area (Å²) in [7, 11) is 4.25. The number of allylic oxidation sites excluding steroid dienone is 6. The fourth-order valence-corrected chi connectivity index (χ4v) is 15.8. The number of benzene rings is 6. The summed E-state index contributed by atoms with van der Waals surface area (Å²) in [5.74, 6) is 0.232. The molecule has 103 heavy (non-hydrogen) atoms. The van der Waals surface area contributed by atoms with Crippen LogP contribution in [-0.2, 0) is 37.3 Å². The van der Waals surface area contributed by atoms with Crippen LogP contribution < -0.4 is 5.73 Å². The molecule has 12 rings (SSSR count). The van der Waals surface area contributed by atoms with Crippen molar-refractivity contribution in [2.75, 3.05) is 27.2 Å². The fraction of sp³-hybridized carbons (Fsp3) is 0.427. The van der Waals surface area contributed by atoms with Gasteiger partial charge in [0.25, 0.3) is 0 Å². The van der Waals surface area contributed by atoms with Gasteiger partial charge in [0.15, 0.2) is 0 Å². The standard InChI is InChI=1S/C15H19Cl2N.C13H12Cl2FN.C13H13Cl2NO.C13H11Cl2NO.C13H15Cl2N.C13H11Cl2N.2CH4/c1-18(2)11-15(8-4-3-5-9-15)12-6-7-13(16)14(17)10-12;14-11-2-1-9(7-12(11)15)13(8-17)5-3-10(16)4-6-13;2*14-11-2-1-9(7-12(11)15)13(8-16)5-3-10(17)4-6-13;2*14-11-5-4-10(8-12(11)15)13(9-16)6-2-1-3-7-13;;/h3-4,6-7,10H,5,8-9,11H2,1-2H3;1-2,7,10H,3-6H2;1-2,7,10,17H,3-6H2;1-2,7H,3-6H2;1-2,4-5,8H,3,6-7,9,16H2;1-2,4-5,8H,3,6-7H2;2*1H4. The first-order valence-corrected chi connectivity index (χ1v) is 38.2. The molecule has 3 fully saturated rings. The lowest BCUT2D eigenvalue weighted by atomic mass is 9.70. The minimum atomic E-state index is -0.778. The Kier molecular flexibility index (Phi) is 35.6. The molecule has 0 aliphatic heterocycles. The van der Waals surface area contributed by atoms with E-state index in [2.05, 4.69) is 85.8 Å². The Hall–Kier alpha value is -4.54. The Bertz CT molecular complexity index is 4020. The number of hydrogen-bond acceptors (Lipinski definition) is 8. The lowest BCUT2D eigenvalue weighted by molar-refractivity contribution is -0.121. The number of aliphatic hydroxyl groups is 1. The second-order valence-electron chi connectivity index (χ2n) is 27.1. The molecule has 6 aromatic rings. The molecule has 550 valence electrons. The Morgan fingerprint density at radius 2 is 0.699 bits per heavy atom. The van der Waals surface area contributed by atoms with Crippen LogP contribution in [0.1, 0.15) is 183 Å². The van der Waals surface area contributed by atoms with E-state index in [1.807, 2.05) is 60.7 Å². The summed E-state index contributed by atoms with van der Waals surface area (Å²) in [5.41, 5.74) is 10.1. The monoisotopic (exact) mass is 1630 g/mol. The fourth-order valence-electron chi connectivity index (χ4n) is 14.1. The molecule has 6 aliphatic rings. The number of hydrogen-bond donors (Lipinski definition) is 2. The van der Waals surface area contributed by atoms with Gasteiger partial charge in [0.05, 0.1) is 112 Å². The van der Waals surface area contributed by atoms with Gasteiger partial charge in [-0.2, -0.15) is 21.0 Å². The minimum absolute atomic E-state index is 0. The van der Waals surface area contributed by atoms with Crippen LogP contribution in [-0.4, -0.2) is 55.3 Å². The second-order valence-corrected chi connectivity index (χ2v) is 32.0. The van der Waals surface area contributed by atoms with E-state index in [-0.39, 0.29) is 37.6 Å². The molecule has 3 saturated carbocycles. The lowest BCUT2D eigenvalue weighted by Gasteiger charge is -2.38. The molecule has 3 unspecified atom stereocenters. The van der Waals surface area contributed by atoms with Crippen LogP contribution in [0.15, 0.2) is 146 Å². The van der Waals surface area contributed by atoms with Crippen molar-refractivity contribution in [2.45, 2.75) is 194 Å². The van der Waals surface area contributed by atoms with E-state index in [0.29, 0.717) is 144 Å². The van der Waals surface area contributed by atoms with Gasteiger partial charge in [-0.05, 0) is 242 Å². The van der Waals surface area contributed by atoms with Gasteiger partial charge in [0.1, 0.15) is 12.0 Å². The van der Waals surface area contributed by atoms with Crippen LogP contribution >= 0.6 is 139 Å². The van der Waals surface area contributed by atoms with Gasteiger partial charge >= 0.3 is 0 Å². The van der Waals surface area contributed by atoms with Crippen molar-refractivity contribution in [1.82, 2.24) is 4.90 Å². The van der Waals surface area contributed by atoms with E-state index in [9.17, 15) is 35.3 Å². The van der Waals surface area contributed by atoms with Crippen molar-refractivity contribution in [3.8, 4) is 24.3 Å². The zero-order valence-electron chi connectivity index (χ0n) is 56.4. The summed E-state index contributed by atoms with van der Waals surface area (Å²) in [5, 5.41) is 53.5. The Morgan fingerprint density at radius 3 is 1.00 bits per heavy atom. The number of carbonyl (C=O) groups excluding carboxylic acids is 1. The molecule has 0 spiro atoms. The van der Waals surface area contributed by atoms with Gasteiger partial charge in [0, 0.05) is 36.8 Å². The van der Waals surface area contributed by atoms with Crippen LogP contribution in [0, 0.1) is 45.3 Å². The first kappa shape index (κ1) is 89.1. The number of nitrogens with two attached hydrogens (primary N) is 1. The molecule has 0 amide bonds. The molecule has 0 saturated heterocycles. The third kappa shape index (κ3) is 23.2. The number of ketones is 1. The van der Waals surface area contributed by atoms with Crippen LogP contribution in [0.3, 0.4) is 0 Å². The average Bonchev–Trinajstić information content (AvgIpc) is 0.854. The van der Waals surface area contributed by atoms with E-state index in [0.717, 1.165) is 80.2 Å². The van der Waals surface area contributed by atoms with E-state index in [1.165, 1.54) is 17.5 Å². The van der Waals surface area contributed by atoms with Crippen molar-refractivity contribution in [3.63, 3.8) is 0 Å². The molecule has 6 aromatic carbocycles. The number of likely N-dealkylation sites (N-methyl/N-ethyl adjacent to an activating group) is 1. The van der Waals surface area contributed by atoms with Crippen molar-refractivity contribution >= 4 is 145 Å². The lowest BCUT2D eigenvalue weighted by Crippen LogP contribution is -2.38. The molecule has 6 aliphatic carbocycles. The Morgan fingerprint density at radius 1 is 0.408 bits per heavy atom. The van der Waals surface area contributed by atoms with Crippen molar-refractivity contribution in [2.24, 2.45) is 5.73 Å². The van der Waals surface area contributed by atoms with Gasteiger partial charge in [-0.15, -0.1) is 0 Å². The van der Waals surface area contributed by atoms with Gasteiger partial charge < -0.3 is 15.7 Å². The first-order chi connectivity index (χ1) is 48.1. The third-order valence-electron chi connectivity index (χ3n) is 20.4. The number of halogens is 13. The summed E-state index contributed by atoms with van der Waals surface area (Å²) >= 11 is 71.6. The SMILES string of the molecule is C.C.CN(C)CC1(c2ccc(Cl)c(Cl)c2)CC=CCC1.N#CC1(c2ccc(Cl)c(Cl)c2)CC=CCC1.N#CC1(c2ccc(Cl)c(Cl)c2)CCC(=O)CC1.N#CC1(c2ccc(Cl)c(Cl)c2)CCC(F)CC1.N#CC1(c2ccc(Cl)c(Cl)c2)CCC(O)CC1.NCC1(c2ccc(Cl)c(Cl)c2)CC=CCC1. The number of aliphatic hydroxyl groups excluding tert-OH is 1. The number of nitrogens with zero attached hydrogens (tertiary/aromatic N) is 5. The van der Waals surface area contributed by atoms with Crippen molar-refractivity contribution in [1.29, 1.82) is 21.0 Å². The maximum absolute atomic E-state index is 13.2. The van der Waals surface area contributed by atoms with Crippen molar-refractivity contribution in [3.05, 3.63) is 239 Å². The maximum Gasteiger partial charge on any atom is 0.133 e. The molecule has 3 N–H and O–H groups in total. The van der Waals surface area contributed by atoms with Crippen LogP contribution in [0.4, 0.5) is 4.39 Å². The number of nitriles is 4. The molecule has 3 atom stereocenters. The van der Waals surface area contributed by atoms with E-state index in [4.69, 9.17) is 145 Å². The van der Waals surface area contributed by atoms with Crippen molar-refractivity contribution < 1.29 is 14.3 Å². The van der Waals surface area contributed by atoms with E-state index in [1.54, 1.807) is 42.5 Å². The predicted molar refractivity (Wildman–Crippen MR) is 433 cm³/mol. The minimum Gasteiger partial charge on any atom is -0.393 e. The predicted octanol–water partition coefficient (Wildman–Crippen LogP) is 26.5. The van der Waals surface area contributed by atoms with Crippen LogP contribution in [0.25, 0.3) is 0 Å². The third-order valence-corrected chi connectivity index (χ3v) is 24.8. The Balaban J connectivity index is 0.000000222. The molecule has 8 nitrogen and oxygen atoms in total. The van der Waals surface area contributed by atoms with Crippen LogP contribution in [0.5, 0.6) is 0 Å². The summed E-state index contributed by atoms with van der Waals surface area (Å²) in [4.78, 5) is 13.5. The Labute approximate surface area is 670 Å². The molecular formula is C82H89Cl12FN6O2. The molecular weight excluding hydrogens is 1550 g/mol. The topological polar surface area (TPSA) is 162 Å². The highest BCUT2D eigenvalue weighted by molar-refractivity contribution is 6.44.